The van der Waals surface area contributed by atoms with Gasteiger partial charge in [0, 0.05) is 5.56 Å². The molecular weight excluding hydrogens is 274 g/mol. The lowest BCUT2D eigenvalue weighted by Gasteiger charge is -2.02. The summed E-state index contributed by atoms with van der Waals surface area (Å²) in [6, 6.07) is 10.3. The second kappa shape index (κ2) is 6.79. The van der Waals surface area contributed by atoms with E-state index >= 15 is 0 Å². The molecule has 2 rings (SSSR count). The molecule has 0 aliphatic carbocycles. The average Bonchev–Trinajstić information content (AvgIpc) is 2.49. The van der Waals surface area contributed by atoms with Gasteiger partial charge in [0.1, 0.15) is 5.75 Å². The summed E-state index contributed by atoms with van der Waals surface area (Å²) in [5, 5.41) is 0. The molecule has 0 radical (unpaired) electrons. The van der Waals surface area contributed by atoms with Crippen molar-refractivity contribution >= 4 is 11.9 Å². The van der Waals surface area contributed by atoms with Crippen LogP contribution in [-0.4, -0.2) is 12.4 Å². The van der Waals surface area contributed by atoms with Crippen molar-refractivity contribution in [2.45, 2.75) is 6.92 Å². The van der Waals surface area contributed by atoms with Crippen LogP contribution in [0.15, 0.2) is 48.5 Å². The fourth-order valence-corrected chi connectivity index (χ4v) is 1.76. The molecule has 0 fully saturated rings. The molecule has 0 amide bonds. The van der Waals surface area contributed by atoms with Gasteiger partial charge >= 0.3 is 0 Å². The number of allylic oxidation sites excluding steroid dienone is 1. The Balaban J connectivity index is 2.09. The molecule has 2 nitrogen and oxygen atoms in total. The van der Waals surface area contributed by atoms with Crippen LogP contribution in [0.5, 0.6) is 5.75 Å². The molecule has 2 aromatic rings. The standard InChI is InChI=1S/C17H14F2O2/c1-2-21-14-7-3-12(4-8-14)5-10-17(20)13-6-9-15(18)16(19)11-13/h3-11H,2H2,1H3/b10-5+. The quantitative estimate of drug-likeness (QED) is 0.607. The SMILES string of the molecule is CCOc1ccc(/C=C/C(=O)c2ccc(F)c(F)c2)cc1. The summed E-state index contributed by atoms with van der Waals surface area (Å²) in [4.78, 5) is 11.9. The molecule has 0 saturated carbocycles. The van der Waals surface area contributed by atoms with E-state index in [9.17, 15) is 13.6 Å². The molecule has 0 atom stereocenters. The first-order chi connectivity index (χ1) is 10.1. The van der Waals surface area contributed by atoms with Crippen LogP contribution in [0.25, 0.3) is 6.08 Å². The summed E-state index contributed by atoms with van der Waals surface area (Å²) in [5.41, 5.74) is 0.922. The van der Waals surface area contributed by atoms with Crippen molar-refractivity contribution in [1.29, 1.82) is 0 Å². The number of carbonyl (C=O) groups is 1. The third-order valence-corrected chi connectivity index (χ3v) is 2.82. The van der Waals surface area contributed by atoms with Crippen LogP contribution in [0.1, 0.15) is 22.8 Å². The topological polar surface area (TPSA) is 26.3 Å². The highest BCUT2D eigenvalue weighted by Crippen LogP contribution is 2.14. The zero-order chi connectivity index (χ0) is 15.2. The van der Waals surface area contributed by atoms with Gasteiger partial charge in [0.2, 0.25) is 0 Å². The molecule has 4 heteroatoms. The first-order valence-corrected chi connectivity index (χ1v) is 6.50. The third kappa shape index (κ3) is 3.99. The van der Waals surface area contributed by atoms with E-state index in [1.165, 1.54) is 12.1 Å². The van der Waals surface area contributed by atoms with Crippen molar-refractivity contribution in [1.82, 2.24) is 0 Å². The molecule has 0 bridgehead atoms. The van der Waals surface area contributed by atoms with Crippen LogP contribution in [0.4, 0.5) is 8.78 Å². The van der Waals surface area contributed by atoms with Gasteiger partial charge in [-0.2, -0.15) is 0 Å². The largest absolute Gasteiger partial charge is 0.494 e. The average molecular weight is 288 g/mol. The number of halogens is 2. The highest BCUT2D eigenvalue weighted by Gasteiger charge is 2.07. The third-order valence-electron chi connectivity index (χ3n) is 2.82. The van der Waals surface area contributed by atoms with Crippen molar-refractivity contribution in [3.63, 3.8) is 0 Å². The molecule has 0 aliphatic rings. The van der Waals surface area contributed by atoms with Gasteiger partial charge in [-0.1, -0.05) is 18.2 Å². The maximum Gasteiger partial charge on any atom is 0.185 e. The predicted molar refractivity (Wildman–Crippen MR) is 77.3 cm³/mol. The van der Waals surface area contributed by atoms with Crippen molar-refractivity contribution < 1.29 is 18.3 Å². The van der Waals surface area contributed by atoms with Gasteiger partial charge in [0.15, 0.2) is 17.4 Å². The van der Waals surface area contributed by atoms with Crippen molar-refractivity contribution in [3.05, 3.63) is 71.3 Å². The monoisotopic (exact) mass is 288 g/mol. The van der Waals surface area contributed by atoms with Gasteiger partial charge in [-0.3, -0.25) is 4.79 Å². The Labute approximate surface area is 121 Å². The maximum atomic E-state index is 13.1. The van der Waals surface area contributed by atoms with Crippen LogP contribution < -0.4 is 4.74 Å². The molecule has 2 aromatic carbocycles. The number of ketones is 1. The molecule has 0 spiro atoms. The molecule has 0 aromatic heterocycles. The molecular formula is C17H14F2O2. The number of ether oxygens (including phenoxy) is 1. The van der Waals surface area contributed by atoms with Crippen LogP contribution in [0, 0.1) is 11.6 Å². The molecule has 0 saturated heterocycles. The Morgan fingerprint density at radius 1 is 1.10 bits per heavy atom. The van der Waals surface area contributed by atoms with E-state index in [4.69, 9.17) is 4.74 Å². The normalized spacial score (nSPS) is 10.8. The van der Waals surface area contributed by atoms with E-state index in [2.05, 4.69) is 0 Å². The minimum absolute atomic E-state index is 0.107. The number of hydrogen-bond donors (Lipinski definition) is 0. The van der Waals surface area contributed by atoms with Gasteiger partial charge in [0.25, 0.3) is 0 Å². The van der Waals surface area contributed by atoms with Crippen molar-refractivity contribution in [2.75, 3.05) is 6.61 Å². The molecule has 0 unspecified atom stereocenters. The van der Waals surface area contributed by atoms with Crippen LogP contribution >= 0.6 is 0 Å². The second-order valence-electron chi connectivity index (χ2n) is 4.33. The van der Waals surface area contributed by atoms with E-state index in [0.717, 1.165) is 23.4 Å². The summed E-state index contributed by atoms with van der Waals surface area (Å²) < 4.78 is 31.2. The number of hydrogen-bond acceptors (Lipinski definition) is 2. The van der Waals surface area contributed by atoms with E-state index in [-0.39, 0.29) is 11.3 Å². The Kier molecular flexibility index (Phi) is 4.82. The Bertz CT molecular complexity index is 661. The van der Waals surface area contributed by atoms with E-state index in [0.29, 0.717) is 6.61 Å². The van der Waals surface area contributed by atoms with E-state index in [1.807, 2.05) is 6.92 Å². The molecule has 0 heterocycles. The molecule has 0 N–H and O–H groups in total. The Morgan fingerprint density at radius 3 is 2.43 bits per heavy atom. The Hall–Kier alpha value is -2.49. The summed E-state index contributed by atoms with van der Waals surface area (Å²) >= 11 is 0. The Morgan fingerprint density at radius 2 is 1.81 bits per heavy atom. The van der Waals surface area contributed by atoms with Gasteiger partial charge in [-0.15, -0.1) is 0 Å². The zero-order valence-corrected chi connectivity index (χ0v) is 11.5. The number of rotatable bonds is 5. The van der Waals surface area contributed by atoms with E-state index < -0.39 is 11.6 Å². The fourth-order valence-electron chi connectivity index (χ4n) is 1.76. The fraction of sp³-hybridized carbons (Fsp3) is 0.118. The predicted octanol–water partition coefficient (Wildman–Crippen LogP) is 4.26. The lowest BCUT2D eigenvalue weighted by Crippen LogP contribution is -1.96. The number of benzene rings is 2. The first-order valence-electron chi connectivity index (χ1n) is 6.50. The van der Waals surface area contributed by atoms with Gasteiger partial charge in [-0.25, -0.2) is 8.78 Å². The van der Waals surface area contributed by atoms with Gasteiger partial charge in [0.05, 0.1) is 6.61 Å². The van der Waals surface area contributed by atoms with Crippen LogP contribution in [0.3, 0.4) is 0 Å². The lowest BCUT2D eigenvalue weighted by molar-refractivity contribution is 0.104. The molecule has 0 aliphatic heterocycles. The maximum absolute atomic E-state index is 13.1. The van der Waals surface area contributed by atoms with E-state index in [1.54, 1.807) is 30.3 Å². The lowest BCUT2D eigenvalue weighted by atomic mass is 10.1. The second-order valence-corrected chi connectivity index (χ2v) is 4.33. The summed E-state index contributed by atoms with van der Waals surface area (Å²) in [6.07, 6.45) is 2.93. The van der Waals surface area contributed by atoms with Gasteiger partial charge in [-0.05, 0) is 48.9 Å². The highest BCUT2D eigenvalue weighted by molar-refractivity contribution is 6.06. The number of carbonyl (C=O) groups excluding carboxylic acids is 1. The van der Waals surface area contributed by atoms with Crippen LogP contribution in [-0.2, 0) is 0 Å². The summed E-state index contributed by atoms with van der Waals surface area (Å²) in [7, 11) is 0. The summed E-state index contributed by atoms with van der Waals surface area (Å²) in [6.45, 7) is 2.48. The summed E-state index contributed by atoms with van der Waals surface area (Å²) in [5.74, 6) is -1.64. The highest BCUT2D eigenvalue weighted by atomic mass is 19.2. The smallest absolute Gasteiger partial charge is 0.185 e. The van der Waals surface area contributed by atoms with Crippen LogP contribution in [0.2, 0.25) is 0 Å². The van der Waals surface area contributed by atoms with Crippen molar-refractivity contribution in [2.24, 2.45) is 0 Å². The zero-order valence-electron chi connectivity index (χ0n) is 11.5. The minimum atomic E-state index is -1.03. The van der Waals surface area contributed by atoms with Crippen molar-refractivity contribution in [3.8, 4) is 5.75 Å². The minimum Gasteiger partial charge on any atom is -0.494 e. The molecule has 108 valence electrons. The van der Waals surface area contributed by atoms with Gasteiger partial charge < -0.3 is 4.74 Å². The molecule has 21 heavy (non-hydrogen) atoms. The first kappa shape index (κ1) is 14.9.